The summed E-state index contributed by atoms with van der Waals surface area (Å²) in [5, 5.41) is 3.24. The molecular formula is C18H24N2O3S. The van der Waals surface area contributed by atoms with Gasteiger partial charge in [0.2, 0.25) is 5.91 Å². The lowest BCUT2D eigenvalue weighted by atomic mass is 9.97. The zero-order chi connectivity index (χ0) is 17.5. The van der Waals surface area contributed by atoms with Crippen LogP contribution in [0.3, 0.4) is 0 Å². The van der Waals surface area contributed by atoms with Crippen LogP contribution in [0.1, 0.15) is 30.9 Å². The van der Waals surface area contributed by atoms with E-state index in [0.29, 0.717) is 44.1 Å². The molecule has 0 spiro atoms. The van der Waals surface area contributed by atoms with Crippen molar-refractivity contribution in [2.75, 3.05) is 19.7 Å². The Morgan fingerprint density at radius 1 is 1.29 bits per heavy atom. The lowest BCUT2D eigenvalue weighted by Gasteiger charge is -2.32. The zero-order valence-corrected chi connectivity index (χ0v) is 15.0. The topological polar surface area (TPSA) is 58.6 Å². The first-order chi connectivity index (χ1) is 11.5. The fraction of sp³-hybridized carbons (Fsp3) is 0.500. The maximum Gasteiger partial charge on any atom is 0.309 e. The number of esters is 1. The Kier molecular flexibility index (Phi) is 6.73. The minimum Gasteiger partial charge on any atom is -0.466 e. The average Bonchev–Trinajstić information content (AvgIpc) is 2.57. The number of benzene rings is 1. The van der Waals surface area contributed by atoms with Gasteiger partial charge in [-0.2, -0.15) is 0 Å². The molecule has 1 N–H and O–H groups in total. The molecule has 1 fully saturated rings. The molecule has 0 radical (unpaired) electrons. The highest BCUT2D eigenvalue weighted by Gasteiger charge is 2.27. The number of rotatable bonds is 4. The third-order valence-corrected chi connectivity index (χ3v) is 4.62. The second-order valence-electron chi connectivity index (χ2n) is 5.97. The van der Waals surface area contributed by atoms with E-state index >= 15 is 0 Å². The van der Waals surface area contributed by atoms with Crippen molar-refractivity contribution < 1.29 is 14.3 Å². The number of likely N-dealkylation sites (tertiary alicyclic amines) is 1. The van der Waals surface area contributed by atoms with E-state index in [9.17, 15) is 9.59 Å². The lowest BCUT2D eigenvalue weighted by Crippen LogP contribution is -2.47. The Morgan fingerprint density at radius 2 is 1.96 bits per heavy atom. The smallest absolute Gasteiger partial charge is 0.309 e. The Bertz CT molecular complexity index is 610. The van der Waals surface area contributed by atoms with E-state index in [1.165, 1.54) is 0 Å². The van der Waals surface area contributed by atoms with Crippen molar-refractivity contribution in [1.29, 1.82) is 0 Å². The predicted octanol–water partition coefficient (Wildman–Crippen LogP) is 2.21. The van der Waals surface area contributed by atoms with Gasteiger partial charge in [0.25, 0.3) is 0 Å². The van der Waals surface area contributed by atoms with Crippen molar-refractivity contribution >= 4 is 29.2 Å². The molecule has 130 valence electrons. The normalized spacial score (nSPS) is 15.0. The van der Waals surface area contributed by atoms with Crippen LogP contribution in [-0.4, -0.2) is 41.6 Å². The third-order valence-electron chi connectivity index (χ3n) is 4.26. The SMILES string of the molecule is CCOC(=O)C1CCN(C(=S)NC(=O)Cc2ccccc2C)CC1. The van der Waals surface area contributed by atoms with Crippen LogP contribution < -0.4 is 5.32 Å². The van der Waals surface area contributed by atoms with E-state index < -0.39 is 0 Å². The van der Waals surface area contributed by atoms with E-state index in [4.69, 9.17) is 17.0 Å². The maximum atomic E-state index is 12.2. The van der Waals surface area contributed by atoms with E-state index in [1.54, 1.807) is 0 Å². The quantitative estimate of drug-likeness (QED) is 0.668. The summed E-state index contributed by atoms with van der Waals surface area (Å²) in [5.41, 5.74) is 2.09. The van der Waals surface area contributed by atoms with Crippen LogP contribution in [0.15, 0.2) is 24.3 Å². The van der Waals surface area contributed by atoms with Crippen LogP contribution >= 0.6 is 12.2 Å². The molecule has 1 aliphatic heterocycles. The molecule has 1 heterocycles. The average molecular weight is 348 g/mol. The first-order valence-electron chi connectivity index (χ1n) is 8.31. The molecular weight excluding hydrogens is 324 g/mol. The summed E-state index contributed by atoms with van der Waals surface area (Å²) in [6.45, 7) is 5.53. The van der Waals surface area contributed by atoms with Crippen LogP contribution in [0.25, 0.3) is 0 Å². The fourth-order valence-electron chi connectivity index (χ4n) is 2.80. The number of carbonyl (C=O) groups is 2. The van der Waals surface area contributed by atoms with Crippen LogP contribution in [0.5, 0.6) is 0 Å². The van der Waals surface area contributed by atoms with Gasteiger partial charge in [0, 0.05) is 13.1 Å². The number of aryl methyl sites for hydroxylation is 1. The molecule has 0 aromatic heterocycles. The van der Waals surface area contributed by atoms with Crippen LogP contribution in [0.2, 0.25) is 0 Å². The van der Waals surface area contributed by atoms with Crippen molar-refractivity contribution in [1.82, 2.24) is 10.2 Å². The lowest BCUT2D eigenvalue weighted by molar-refractivity contribution is -0.149. The molecule has 1 amide bonds. The number of nitrogens with zero attached hydrogens (tertiary/aromatic N) is 1. The summed E-state index contributed by atoms with van der Waals surface area (Å²) in [5.74, 6) is -0.305. The van der Waals surface area contributed by atoms with Crippen LogP contribution in [0.4, 0.5) is 0 Å². The standard InChI is InChI=1S/C18H24N2O3S/c1-3-23-17(22)14-8-10-20(11-9-14)18(24)19-16(21)12-15-7-5-4-6-13(15)2/h4-7,14H,3,8-12H2,1-2H3,(H,19,21,24). The van der Waals surface area contributed by atoms with Gasteiger partial charge in [-0.15, -0.1) is 0 Å². The highest BCUT2D eigenvalue weighted by atomic mass is 32.1. The highest BCUT2D eigenvalue weighted by molar-refractivity contribution is 7.80. The monoisotopic (exact) mass is 348 g/mol. The largest absolute Gasteiger partial charge is 0.466 e. The molecule has 0 aliphatic carbocycles. The second-order valence-corrected chi connectivity index (χ2v) is 6.36. The van der Waals surface area contributed by atoms with Gasteiger partial charge in [-0.05, 0) is 50.0 Å². The summed E-state index contributed by atoms with van der Waals surface area (Å²) in [6, 6.07) is 7.81. The van der Waals surface area contributed by atoms with Crippen molar-refractivity contribution in [3.63, 3.8) is 0 Å². The molecule has 0 unspecified atom stereocenters. The summed E-state index contributed by atoms with van der Waals surface area (Å²) in [6.07, 6.45) is 1.71. The molecule has 1 saturated heterocycles. The van der Waals surface area contributed by atoms with Gasteiger partial charge >= 0.3 is 5.97 Å². The Morgan fingerprint density at radius 3 is 2.58 bits per heavy atom. The molecule has 6 heteroatoms. The Balaban J connectivity index is 1.80. The number of hydrogen-bond acceptors (Lipinski definition) is 4. The first-order valence-corrected chi connectivity index (χ1v) is 8.72. The molecule has 1 aromatic rings. The maximum absolute atomic E-state index is 12.2. The van der Waals surface area contributed by atoms with Gasteiger partial charge in [0.15, 0.2) is 5.11 Å². The second kappa shape index (κ2) is 8.78. The number of hydrogen-bond donors (Lipinski definition) is 1. The van der Waals surface area contributed by atoms with Gasteiger partial charge in [-0.25, -0.2) is 0 Å². The van der Waals surface area contributed by atoms with E-state index in [-0.39, 0.29) is 17.8 Å². The molecule has 24 heavy (non-hydrogen) atoms. The number of nitrogens with one attached hydrogen (secondary N) is 1. The molecule has 1 aromatic carbocycles. The van der Waals surface area contributed by atoms with Gasteiger partial charge in [-0.1, -0.05) is 24.3 Å². The molecule has 0 saturated carbocycles. The highest BCUT2D eigenvalue weighted by Crippen LogP contribution is 2.18. The van der Waals surface area contributed by atoms with Crippen molar-refractivity contribution in [3.8, 4) is 0 Å². The summed E-state index contributed by atoms with van der Waals surface area (Å²) >= 11 is 5.33. The van der Waals surface area contributed by atoms with Crippen molar-refractivity contribution in [2.24, 2.45) is 5.92 Å². The first kappa shape index (κ1) is 18.4. The number of piperidine rings is 1. The van der Waals surface area contributed by atoms with Gasteiger partial charge < -0.3 is 15.0 Å². The van der Waals surface area contributed by atoms with E-state index in [1.807, 2.05) is 43.0 Å². The number of amides is 1. The van der Waals surface area contributed by atoms with Crippen molar-refractivity contribution in [2.45, 2.75) is 33.1 Å². The molecule has 5 nitrogen and oxygen atoms in total. The molecule has 2 rings (SSSR count). The number of carbonyl (C=O) groups excluding carboxylic acids is 2. The molecule has 0 atom stereocenters. The molecule has 0 bridgehead atoms. The zero-order valence-electron chi connectivity index (χ0n) is 14.2. The fourth-order valence-corrected chi connectivity index (χ4v) is 3.10. The van der Waals surface area contributed by atoms with Gasteiger partial charge in [0.1, 0.15) is 0 Å². The van der Waals surface area contributed by atoms with Gasteiger partial charge in [-0.3, -0.25) is 9.59 Å². The van der Waals surface area contributed by atoms with E-state index in [2.05, 4.69) is 5.32 Å². The Hall–Kier alpha value is -1.95. The minimum absolute atomic E-state index is 0.0633. The summed E-state index contributed by atoms with van der Waals surface area (Å²) < 4.78 is 5.06. The summed E-state index contributed by atoms with van der Waals surface area (Å²) in [4.78, 5) is 25.9. The van der Waals surface area contributed by atoms with Crippen LogP contribution in [-0.2, 0) is 20.7 Å². The minimum atomic E-state index is -0.133. The number of ether oxygens (including phenoxy) is 1. The Labute approximate surface area is 148 Å². The summed E-state index contributed by atoms with van der Waals surface area (Å²) in [7, 11) is 0. The van der Waals surface area contributed by atoms with Crippen molar-refractivity contribution in [3.05, 3.63) is 35.4 Å². The van der Waals surface area contributed by atoms with Gasteiger partial charge in [0.05, 0.1) is 18.9 Å². The third kappa shape index (κ3) is 5.03. The number of thiocarbonyl (C=S) groups is 1. The van der Waals surface area contributed by atoms with Crippen LogP contribution in [0, 0.1) is 12.8 Å². The predicted molar refractivity (Wildman–Crippen MR) is 96.6 cm³/mol. The van der Waals surface area contributed by atoms with E-state index in [0.717, 1.165) is 11.1 Å². The molecule has 1 aliphatic rings.